The maximum atomic E-state index is 5.89. The zero-order chi connectivity index (χ0) is 19.8. The van der Waals surface area contributed by atoms with Crippen LogP contribution in [0.3, 0.4) is 0 Å². The second kappa shape index (κ2) is 10.5. The summed E-state index contributed by atoms with van der Waals surface area (Å²) in [6.45, 7) is 4.39. The Morgan fingerprint density at radius 1 is 1.32 bits per heavy atom. The topological polar surface area (TPSA) is 53.0 Å². The van der Waals surface area contributed by atoms with E-state index in [9.17, 15) is 0 Å². The molecule has 0 amide bonds. The summed E-state index contributed by atoms with van der Waals surface area (Å²) < 4.78 is 5.76. The molecule has 0 unspecified atom stereocenters. The number of guanidine groups is 1. The lowest BCUT2D eigenvalue weighted by molar-refractivity contribution is 0.281. The third-order valence-corrected chi connectivity index (χ3v) is 5.87. The summed E-state index contributed by atoms with van der Waals surface area (Å²) >= 11 is 7.64. The Morgan fingerprint density at radius 2 is 2.07 bits per heavy atom. The van der Waals surface area contributed by atoms with Gasteiger partial charge in [0.15, 0.2) is 11.1 Å². The molecule has 2 heterocycles. The van der Waals surface area contributed by atoms with E-state index >= 15 is 0 Å². The molecule has 1 aliphatic heterocycles. The molecule has 0 atom stereocenters. The minimum absolute atomic E-state index is 0.574. The summed E-state index contributed by atoms with van der Waals surface area (Å²) in [5.74, 6) is 1.67. The molecule has 2 aromatic rings. The summed E-state index contributed by atoms with van der Waals surface area (Å²) in [6, 6.07) is 7.41. The summed E-state index contributed by atoms with van der Waals surface area (Å²) in [7, 11) is 3.81. The fraction of sp³-hybridized carbons (Fsp3) is 0.500. The van der Waals surface area contributed by atoms with Gasteiger partial charge < -0.3 is 19.9 Å². The van der Waals surface area contributed by atoms with Crippen LogP contribution in [0.2, 0.25) is 5.02 Å². The number of benzene rings is 1. The Hall–Kier alpha value is -1.99. The molecule has 0 aliphatic carbocycles. The first kappa shape index (κ1) is 20.7. The minimum Gasteiger partial charge on any atom is -0.492 e. The van der Waals surface area contributed by atoms with Crippen molar-refractivity contribution in [2.45, 2.75) is 19.3 Å². The molecule has 1 N–H and O–H groups in total. The van der Waals surface area contributed by atoms with Gasteiger partial charge >= 0.3 is 0 Å². The van der Waals surface area contributed by atoms with Crippen LogP contribution in [0.4, 0.5) is 5.13 Å². The van der Waals surface area contributed by atoms with Gasteiger partial charge in [0, 0.05) is 50.6 Å². The second-order valence-electron chi connectivity index (χ2n) is 6.76. The predicted octanol–water partition coefficient (Wildman–Crippen LogP) is 3.53. The van der Waals surface area contributed by atoms with Gasteiger partial charge in [0.1, 0.15) is 12.4 Å². The number of nitrogens with one attached hydrogen (secondary N) is 1. The second-order valence-corrected chi connectivity index (χ2v) is 8.04. The average molecular weight is 422 g/mol. The number of rotatable bonds is 8. The van der Waals surface area contributed by atoms with Gasteiger partial charge in [0.2, 0.25) is 0 Å². The molecule has 0 spiro atoms. The highest BCUT2D eigenvalue weighted by molar-refractivity contribution is 7.13. The van der Waals surface area contributed by atoms with Crippen molar-refractivity contribution >= 4 is 34.0 Å². The predicted molar refractivity (Wildman–Crippen MR) is 118 cm³/mol. The highest BCUT2D eigenvalue weighted by Gasteiger charge is 2.15. The molecular weight excluding hydrogens is 394 g/mol. The maximum Gasteiger partial charge on any atom is 0.193 e. The van der Waals surface area contributed by atoms with Gasteiger partial charge in [-0.05, 0) is 37.1 Å². The van der Waals surface area contributed by atoms with Gasteiger partial charge in [0.25, 0.3) is 0 Å². The first-order valence-electron chi connectivity index (χ1n) is 9.65. The van der Waals surface area contributed by atoms with E-state index < -0.39 is 0 Å². The van der Waals surface area contributed by atoms with Crippen molar-refractivity contribution in [3.05, 3.63) is 40.4 Å². The molecule has 3 rings (SSSR count). The van der Waals surface area contributed by atoms with Crippen LogP contribution in [0.15, 0.2) is 34.6 Å². The van der Waals surface area contributed by atoms with Crippen LogP contribution < -0.4 is 15.0 Å². The van der Waals surface area contributed by atoms with Crippen molar-refractivity contribution in [1.29, 1.82) is 0 Å². The van der Waals surface area contributed by atoms with E-state index in [-0.39, 0.29) is 0 Å². The van der Waals surface area contributed by atoms with Crippen LogP contribution in [0.25, 0.3) is 0 Å². The third-order valence-electron chi connectivity index (χ3n) is 4.66. The third kappa shape index (κ3) is 6.01. The van der Waals surface area contributed by atoms with Crippen molar-refractivity contribution in [1.82, 2.24) is 15.2 Å². The largest absolute Gasteiger partial charge is 0.492 e. The highest BCUT2D eigenvalue weighted by Crippen LogP contribution is 2.24. The number of aromatic nitrogens is 1. The molecule has 0 bridgehead atoms. The Bertz CT molecular complexity index is 758. The van der Waals surface area contributed by atoms with Crippen LogP contribution in [0, 0.1) is 0 Å². The van der Waals surface area contributed by atoms with Crippen molar-refractivity contribution in [3.63, 3.8) is 0 Å². The molecule has 0 radical (unpaired) electrons. The molecule has 1 aromatic carbocycles. The standard InChI is InChI=1S/C20H28ClN5OS/c1-22-19(25(2)13-14-27-18-7-5-16(21)6-8-18)23-10-9-17-15-28-20(24-17)26-11-3-4-12-26/h5-8,15H,3-4,9-14H2,1-2H3,(H,22,23). The lowest BCUT2D eigenvalue weighted by Crippen LogP contribution is -2.41. The van der Waals surface area contributed by atoms with E-state index in [0.29, 0.717) is 11.6 Å². The van der Waals surface area contributed by atoms with E-state index in [4.69, 9.17) is 21.3 Å². The summed E-state index contributed by atoms with van der Waals surface area (Å²) in [5.41, 5.74) is 1.14. The molecular formula is C20H28ClN5OS. The quantitative estimate of drug-likeness (QED) is 0.522. The zero-order valence-corrected chi connectivity index (χ0v) is 18.1. The van der Waals surface area contributed by atoms with E-state index in [2.05, 4.69) is 25.5 Å². The van der Waals surface area contributed by atoms with Gasteiger partial charge in [-0.3, -0.25) is 4.99 Å². The molecule has 1 aromatic heterocycles. The Morgan fingerprint density at radius 3 is 2.79 bits per heavy atom. The number of likely N-dealkylation sites (N-methyl/N-ethyl adjacent to an activating group) is 1. The molecule has 1 aliphatic rings. The van der Waals surface area contributed by atoms with Crippen LogP contribution in [0.1, 0.15) is 18.5 Å². The monoisotopic (exact) mass is 421 g/mol. The molecule has 1 fully saturated rings. The van der Waals surface area contributed by atoms with E-state index in [1.807, 2.05) is 31.3 Å². The van der Waals surface area contributed by atoms with Crippen molar-refractivity contribution in [3.8, 4) is 5.75 Å². The Labute approximate surface area is 176 Å². The van der Waals surface area contributed by atoms with Crippen molar-refractivity contribution in [2.24, 2.45) is 4.99 Å². The SMILES string of the molecule is CN=C(NCCc1csc(N2CCCC2)n1)N(C)CCOc1ccc(Cl)cc1. The summed E-state index contributed by atoms with van der Waals surface area (Å²) in [5, 5.41) is 7.45. The zero-order valence-electron chi connectivity index (χ0n) is 16.5. The lowest BCUT2D eigenvalue weighted by Gasteiger charge is -2.22. The van der Waals surface area contributed by atoms with E-state index in [1.54, 1.807) is 18.4 Å². The first-order valence-corrected chi connectivity index (χ1v) is 10.9. The molecule has 0 saturated carbocycles. The Balaban J connectivity index is 1.38. The number of hydrogen-bond donors (Lipinski definition) is 1. The number of thiazole rings is 1. The maximum absolute atomic E-state index is 5.89. The summed E-state index contributed by atoms with van der Waals surface area (Å²) in [6.07, 6.45) is 3.44. The van der Waals surface area contributed by atoms with Gasteiger partial charge in [-0.2, -0.15) is 0 Å². The van der Waals surface area contributed by atoms with Gasteiger partial charge in [-0.1, -0.05) is 11.6 Å². The number of ether oxygens (including phenoxy) is 1. The summed E-state index contributed by atoms with van der Waals surface area (Å²) in [4.78, 5) is 13.6. The molecule has 152 valence electrons. The minimum atomic E-state index is 0.574. The fourth-order valence-corrected chi connectivity index (χ4v) is 4.13. The number of hydrogen-bond acceptors (Lipinski definition) is 5. The first-order chi connectivity index (χ1) is 13.7. The lowest BCUT2D eigenvalue weighted by atomic mass is 10.3. The molecule has 1 saturated heterocycles. The van der Waals surface area contributed by atoms with Crippen molar-refractivity contribution in [2.75, 3.05) is 51.8 Å². The number of nitrogens with zero attached hydrogens (tertiary/aromatic N) is 4. The van der Waals surface area contributed by atoms with Gasteiger partial charge in [-0.25, -0.2) is 4.98 Å². The number of anilines is 1. The normalized spacial score (nSPS) is 14.4. The highest BCUT2D eigenvalue weighted by atomic mass is 35.5. The van der Waals surface area contributed by atoms with Crippen molar-refractivity contribution < 1.29 is 4.74 Å². The number of aliphatic imine (C=N–C) groups is 1. The molecule has 28 heavy (non-hydrogen) atoms. The van der Waals surface area contributed by atoms with Crippen LogP contribution >= 0.6 is 22.9 Å². The van der Waals surface area contributed by atoms with Gasteiger partial charge in [-0.15, -0.1) is 11.3 Å². The van der Waals surface area contributed by atoms with E-state index in [0.717, 1.165) is 55.1 Å². The van der Waals surface area contributed by atoms with Gasteiger partial charge in [0.05, 0.1) is 12.2 Å². The fourth-order valence-electron chi connectivity index (χ4n) is 3.09. The average Bonchev–Trinajstić information content (AvgIpc) is 3.38. The smallest absolute Gasteiger partial charge is 0.193 e. The Kier molecular flexibility index (Phi) is 7.80. The van der Waals surface area contributed by atoms with Crippen LogP contribution in [-0.4, -0.2) is 62.7 Å². The van der Waals surface area contributed by atoms with E-state index in [1.165, 1.54) is 12.8 Å². The molecule has 6 nitrogen and oxygen atoms in total. The van der Waals surface area contributed by atoms with Crippen LogP contribution in [-0.2, 0) is 6.42 Å². The number of halogens is 1. The molecule has 8 heteroatoms. The van der Waals surface area contributed by atoms with Crippen LogP contribution in [0.5, 0.6) is 5.75 Å².